The van der Waals surface area contributed by atoms with E-state index >= 15 is 0 Å². The zero-order valence-corrected chi connectivity index (χ0v) is 11.0. The maximum absolute atomic E-state index is 11.7. The van der Waals surface area contributed by atoms with Crippen molar-refractivity contribution in [3.8, 4) is 11.4 Å². The molecule has 2 rings (SSSR count). The molecule has 0 bridgehead atoms. The van der Waals surface area contributed by atoms with Crippen molar-refractivity contribution in [1.29, 1.82) is 0 Å². The molecule has 0 saturated carbocycles. The van der Waals surface area contributed by atoms with E-state index in [0.717, 1.165) is 0 Å². The predicted molar refractivity (Wildman–Crippen MR) is 71.7 cm³/mol. The lowest BCUT2D eigenvalue weighted by Gasteiger charge is -2.03. The van der Waals surface area contributed by atoms with E-state index in [2.05, 4.69) is 9.97 Å². The number of carboxylic acids is 1. The Morgan fingerprint density at radius 3 is 2.42 bits per heavy atom. The van der Waals surface area contributed by atoms with Gasteiger partial charge in [-0.2, -0.15) is 0 Å². The molecule has 7 heteroatoms. The second kappa shape index (κ2) is 5.42. The van der Waals surface area contributed by atoms with Gasteiger partial charge in [-0.1, -0.05) is 23.2 Å². The number of aromatic nitrogens is 2. The van der Waals surface area contributed by atoms with Crippen LogP contribution < -0.4 is 5.56 Å². The second-order valence-corrected chi connectivity index (χ2v) is 4.69. The fraction of sp³-hybridized carbons (Fsp3) is 0.0833. The minimum Gasteiger partial charge on any atom is -0.481 e. The van der Waals surface area contributed by atoms with E-state index in [1.165, 1.54) is 6.20 Å². The molecule has 0 aliphatic carbocycles. The number of hydrogen-bond donors (Lipinski definition) is 2. The van der Waals surface area contributed by atoms with Crippen LogP contribution in [-0.4, -0.2) is 21.0 Å². The van der Waals surface area contributed by atoms with Crippen molar-refractivity contribution in [2.75, 3.05) is 0 Å². The summed E-state index contributed by atoms with van der Waals surface area (Å²) >= 11 is 11.7. The number of hydrogen-bond acceptors (Lipinski definition) is 3. The van der Waals surface area contributed by atoms with Crippen molar-refractivity contribution in [2.24, 2.45) is 0 Å². The number of aliphatic carboxylic acids is 1. The number of carboxylic acid groups (broad SMARTS) is 1. The first-order chi connectivity index (χ1) is 8.95. The number of nitrogens with zero attached hydrogens (tertiary/aromatic N) is 1. The Hall–Kier alpha value is -1.85. The van der Waals surface area contributed by atoms with Crippen molar-refractivity contribution in [1.82, 2.24) is 9.97 Å². The van der Waals surface area contributed by atoms with Crippen molar-refractivity contribution >= 4 is 29.2 Å². The van der Waals surface area contributed by atoms with Gasteiger partial charge in [0.25, 0.3) is 5.56 Å². The molecule has 0 saturated heterocycles. The summed E-state index contributed by atoms with van der Waals surface area (Å²) < 4.78 is 0. The minimum atomic E-state index is -1.09. The molecule has 1 heterocycles. The van der Waals surface area contributed by atoms with Crippen LogP contribution in [0.5, 0.6) is 0 Å². The molecular formula is C12H8Cl2N2O3. The largest absolute Gasteiger partial charge is 0.481 e. The SMILES string of the molecule is O=C(O)Cc1cnc(-c2cc(Cl)cc(Cl)c2)[nH]c1=O. The van der Waals surface area contributed by atoms with Gasteiger partial charge in [-0.15, -0.1) is 0 Å². The molecule has 0 radical (unpaired) electrons. The van der Waals surface area contributed by atoms with Gasteiger partial charge in [0.2, 0.25) is 0 Å². The maximum Gasteiger partial charge on any atom is 0.308 e. The fourth-order valence-corrected chi connectivity index (χ4v) is 2.07. The van der Waals surface area contributed by atoms with E-state index in [4.69, 9.17) is 28.3 Å². The summed E-state index contributed by atoms with van der Waals surface area (Å²) in [6.07, 6.45) is 0.857. The molecule has 5 nitrogen and oxygen atoms in total. The molecule has 0 fully saturated rings. The van der Waals surface area contributed by atoms with E-state index in [1.54, 1.807) is 18.2 Å². The Morgan fingerprint density at radius 1 is 1.26 bits per heavy atom. The van der Waals surface area contributed by atoms with Crippen molar-refractivity contribution in [3.63, 3.8) is 0 Å². The van der Waals surface area contributed by atoms with Gasteiger partial charge >= 0.3 is 5.97 Å². The van der Waals surface area contributed by atoms with Crippen LogP contribution in [0.4, 0.5) is 0 Å². The van der Waals surface area contributed by atoms with Gasteiger partial charge in [0.05, 0.1) is 6.42 Å². The van der Waals surface area contributed by atoms with Crippen LogP contribution in [0.25, 0.3) is 11.4 Å². The van der Waals surface area contributed by atoms with Crippen LogP contribution >= 0.6 is 23.2 Å². The summed E-state index contributed by atoms with van der Waals surface area (Å²) in [6.45, 7) is 0. The fourth-order valence-electron chi connectivity index (χ4n) is 1.55. The third-order valence-corrected chi connectivity index (χ3v) is 2.79. The molecule has 0 aliphatic rings. The van der Waals surface area contributed by atoms with Crippen LogP contribution in [-0.2, 0) is 11.2 Å². The van der Waals surface area contributed by atoms with Gasteiger partial charge < -0.3 is 10.1 Å². The number of carbonyl (C=O) groups is 1. The predicted octanol–water partition coefficient (Wildman–Crippen LogP) is 2.37. The van der Waals surface area contributed by atoms with Gasteiger partial charge in [-0.05, 0) is 18.2 Å². The minimum absolute atomic E-state index is 0.0874. The number of aromatic amines is 1. The summed E-state index contributed by atoms with van der Waals surface area (Å²) in [7, 11) is 0. The number of halogens is 2. The highest BCUT2D eigenvalue weighted by Crippen LogP contribution is 2.24. The molecule has 0 spiro atoms. The first-order valence-electron chi connectivity index (χ1n) is 5.22. The first kappa shape index (κ1) is 13.6. The summed E-state index contributed by atoms with van der Waals surface area (Å²) in [6, 6.07) is 4.76. The van der Waals surface area contributed by atoms with Crippen LogP contribution in [0, 0.1) is 0 Å². The molecule has 0 amide bonds. The molecule has 2 N–H and O–H groups in total. The van der Waals surface area contributed by atoms with Crippen LogP contribution in [0.2, 0.25) is 10.0 Å². The Morgan fingerprint density at radius 2 is 1.89 bits per heavy atom. The van der Waals surface area contributed by atoms with Crippen molar-refractivity contribution in [3.05, 3.63) is 50.4 Å². The summed E-state index contributed by atoms with van der Waals surface area (Å²) in [5.74, 6) is -0.811. The van der Waals surface area contributed by atoms with Crippen LogP contribution in [0.3, 0.4) is 0 Å². The van der Waals surface area contributed by atoms with Gasteiger partial charge in [0.15, 0.2) is 0 Å². The maximum atomic E-state index is 11.7. The van der Waals surface area contributed by atoms with Crippen LogP contribution in [0.1, 0.15) is 5.56 Å². The van der Waals surface area contributed by atoms with Crippen molar-refractivity contribution < 1.29 is 9.90 Å². The molecule has 0 atom stereocenters. The average Bonchev–Trinajstić information content (AvgIpc) is 2.30. The standard InChI is InChI=1S/C12H8Cl2N2O3/c13-8-1-6(2-9(14)4-8)11-15-5-7(3-10(17)18)12(19)16-11/h1-2,4-5H,3H2,(H,17,18)(H,15,16,19). The lowest BCUT2D eigenvalue weighted by Crippen LogP contribution is -2.17. The zero-order valence-electron chi connectivity index (χ0n) is 9.48. The van der Waals surface area contributed by atoms with E-state index in [0.29, 0.717) is 15.6 Å². The van der Waals surface area contributed by atoms with Gasteiger partial charge in [-0.25, -0.2) is 4.98 Å². The Balaban J connectivity index is 2.44. The van der Waals surface area contributed by atoms with Gasteiger partial charge in [-0.3, -0.25) is 9.59 Å². The zero-order chi connectivity index (χ0) is 14.0. The second-order valence-electron chi connectivity index (χ2n) is 3.81. The number of rotatable bonds is 3. The highest BCUT2D eigenvalue weighted by atomic mass is 35.5. The molecule has 98 valence electrons. The van der Waals surface area contributed by atoms with Gasteiger partial charge in [0, 0.05) is 27.4 Å². The highest BCUT2D eigenvalue weighted by Gasteiger charge is 2.09. The van der Waals surface area contributed by atoms with Gasteiger partial charge in [0.1, 0.15) is 5.82 Å². The summed E-state index contributed by atoms with van der Waals surface area (Å²) in [5, 5.41) is 9.47. The monoisotopic (exact) mass is 298 g/mol. The van der Waals surface area contributed by atoms with Crippen molar-refractivity contribution in [2.45, 2.75) is 6.42 Å². The van der Waals surface area contributed by atoms with E-state index < -0.39 is 11.5 Å². The molecule has 1 aromatic carbocycles. The Labute approximate surface area is 117 Å². The lowest BCUT2D eigenvalue weighted by atomic mass is 10.2. The molecule has 2 aromatic rings. The Bertz CT molecular complexity index is 677. The third kappa shape index (κ3) is 3.33. The summed E-state index contributed by atoms with van der Waals surface area (Å²) in [5.41, 5.74) is 0.143. The average molecular weight is 299 g/mol. The van der Waals surface area contributed by atoms with E-state index in [9.17, 15) is 9.59 Å². The smallest absolute Gasteiger partial charge is 0.308 e. The topological polar surface area (TPSA) is 83.0 Å². The number of nitrogens with one attached hydrogen (secondary N) is 1. The molecule has 0 aliphatic heterocycles. The summed E-state index contributed by atoms with van der Waals surface area (Å²) in [4.78, 5) is 28.8. The number of H-pyrrole nitrogens is 1. The molecule has 0 unspecified atom stereocenters. The first-order valence-corrected chi connectivity index (χ1v) is 5.98. The normalized spacial score (nSPS) is 10.4. The molecule has 1 aromatic heterocycles. The van der Waals surface area contributed by atoms with Crippen LogP contribution in [0.15, 0.2) is 29.2 Å². The van der Waals surface area contributed by atoms with E-state index in [1.807, 2.05) is 0 Å². The molecular weight excluding hydrogens is 291 g/mol. The number of benzene rings is 1. The van der Waals surface area contributed by atoms with E-state index in [-0.39, 0.29) is 17.8 Å². The Kier molecular flexibility index (Phi) is 3.87. The highest BCUT2D eigenvalue weighted by molar-refractivity contribution is 6.35. The molecule has 19 heavy (non-hydrogen) atoms. The third-order valence-electron chi connectivity index (χ3n) is 2.35. The lowest BCUT2D eigenvalue weighted by molar-refractivity contribution is -0.136. The quantitative estimate of drug-likeness (QED) is 0.911.